The summed E-state index contributed by atoms with van der Waals surface area (Å²) in [5.74, 6) is 0. The highest BCUT2D eigenvalue weighted by Crippen LogP contribution is 2.33. The summed E-state index contributed by atoms with van der Waals surface area (Å²) in [6, 6.07) is 9.94. The molecular weight excluding hydrogens is 324 g/mol. The lowest BCUT2D eigenvalue weighted by Gasteiger charge is -2.10. The van der Waals surface area contributed by atoms with Gasteiger partial charge in [0.1, 0.15) is 0 Å². The van der Waals surface area contributed by atoms with Crippen LogP contribution in [0.15, 0.2) is 34.3 Å². The molecule has 0 spiro atoms. The summed E-state index contributed by atoms with van der Waals surface area (Å²) >= 11 is 0. The van der Waals surface area contributed by atoms with Crippen molar-refractivity contribution >= 4 is 22.8 Å². The largest absolute Gasteiger partial charge is 0.300 e. The van der Waals surface area contributed by atoms with E-state index in [1.54, 1.807) is 0 Å². The monoisotopic (exact) mass is 356 g/mol. The van der Waals surface area contributed by atoms with E-state index in [1.807, 2.05) is 0 Å². The summed E-state index contributed by atoms with van der Waals surface area (Å²) in [6.07, 6.45) is 0. The second-order valence-electron chi connectivity index (χ2n) is 8.22. The smallest absolute Gasteiger partial charge is 0.0705 e. The molecule has 142 valence electrons. The lowest BCUT2D eigenvalue weighted by atomic mass is 10.3. The maximum atomic E-state index is 4.87. The van der Waals surface area contributed by atoms with Crippen molar-refractivity contribution in [2.45, 2.75) is 24.2 Å². The molecule has 1 aromatic rings. The van der Waals surface area contributed by atoms with E-state index in [0.29, 0.717) is 24.2 Å². The van der Waals surface area contributed by atoms with Crippen molar-refractivity contribution in [3.8, 4) is 0 Å². The number of hydrogen-bond acceptors (Lipinski definition) is 6. The molecule has 0 radical (unpaired) electrons. The Hall–Kier alpha value is -1.60. The van der Waals surface area contributed by atoms with Crippen molar-refractivity contribution in [2.24, 2.45) is 9.98 Å². The van der Waals surface area contributed by atoms with Crippen LogP contribution in [0.3, 0.4) is 0 Å². The highest BCUT2D eigenvalue weighted by Gasteiger charge is 2.50. The molecular formula is C20H32N6. The molecule has 1 aromatic carbocycles. The maximum Gasteiger partial charge on any atom is 0.0705 e. The summed E-state index contributed by atoms with van der Waals surface area (Å²) in [5.41, 5.74) is 4.48. The molecule has 4 unspecified atom stereocenters. The molecule has 0 N–H and O–H groups in total. The predicted octanol–water partition coefficient (Wildman–Crippen LogP) is 1.58. The molecule has 4 atom stereocenters. The van der Waals surface area contributed by atoms with Crippen LogP contribution >= 0.6 is 0 Å². The van der Waals surface area contributed by atoms with Crippen molar-refractivity contribution in [1.82, 2.24) is 19.6 Å². The lowest BCUT2D eigenvalue weighted by Crippen LogP contribution is -2.25. The first kappa shape index (κ1) is 19.2. The van der Waals surface area contributed by atoms with Gasteiger partial charge in [-0.1, -0.05) is 0 Å². The minimum absolute atomic E-state index is 0.415. The van der Waals surface area contributed by atoms with Crippen molar-refractivity contribution in [2.75, 3.05) is 56.4 Å². The Balaban J connectivity index is 1.74. The van der Waals surface area contributed by atoms with E-state index in [-0.39, 0.29) is 0 Å². The van der Waals surface area contributed by atoms with Gasteiger partial charge in [0.15, 0.2) is 0 Å². The zero-order valence-electron chi connectivity index (χ0n) is 17.3. The molecule has 2 saturated carbocycles. The van der Waals surface area contributed by atoms with Gasteiger partial charge >= 0.3 is 0 Å². The number of rotatable bonds is 6. The van der Waals surface area contributed by atoms with Crippen LogP contribution in [0.1, 0.15) is 0 Å². The van der Waals surface area contributed by atoms with Crippen LogP contribution in [0.4, 0.5) is 11.4 Å². The number of likely N-dealkylation sites (N-methyl/N-ethyl adjacent to an activating group) is 4. The molecule has 0 aromatic heterocycles. The molecule has 3 rings (SSSR count). The average Bonchev–Trinajstić information content (AvgIpc) is 3.42. The van der Waals surface area contributed by atoms with Gasteiger partial charge in [-0.05, 0) is 80.6 Å². The van der Waals surface area contributed by atoms with Crippen LogP contribution in [0.5, 0.6) is 0 Å². The first-order valence-corrected chi connectivity index (χ1v) is 9.15. The van der Waals surface area contributed by atoms with Gasteiger partial charge in [-0.15, -0.1) is 0 Å². The lowest BCUT2D eigenvalue weighted by molar-refractivity contribution is 0.315. The van der Waals surface area contributed by atoms with Crippen molar-refractivity contribution in [3.05, 3.63) is 24.3 Å². The number of benzene rings is 1. The molecule has 2 aliphatic carbocycles. The maximum absolute atomic E-state index is 4.87. The molecule has 0 bridgehead atoms. The van der Waals surface area contributed by atoms with Crippen LogP contribution in [0, 0.1) is 0 Å². The van der Waals surface area contributed by atoms with E-state index in [2.05, 4.69) is 100 Å². The Labute approximate surface area is 157 Å². The molecule has 6 nitrogen and oxygen atoms in total. The van der Waals surface area contributed by atoms with Gasteiger partial charge in [0.2, 0.25) is 0 Å². The second kappa shape index (κ2) is 7.19. The van der Waals surface area contributed by atoms with Gasteiger partial charge in [-0.25, -0.2) is 0 Å². The van der Waals surface area contributed by atoms with Gasteiger partial charge in [0, 0.05) is 0 Å². The molecule has 6 heteroatoms. The van der Waals surface area contributed by atoms with E-state index >= 15 is 0 Å². The van der Waals surface area contributed by atoms with Crippen LogP contribution in [0.25, 0.3) is 0 Å². The Bertz CT molecular complexity index is 609. The third-order valence-electron chi connectivity index (χ3n) is 5.18. The van der Waals surface area contributed by atoms with Crippen LogP contribution in [-0.2, 0) is 0 Å². The van der Waals surface area contributed by atoms with E-state index < -0.39 is 0 Å². The Kier molecular flexibility index (Phi) is 5.30. The van der Waals surface area contributed by atoms with Crippen molar-refractivity contribution in [3.63, 3.8) is 0 Å². The SMILES string of the molecule is CN(C)C1C(=Nc2ccc(N=C3C(N(C)C)C3N(C)C)cc2)C1N(C)C. The first-order valence-electron chi connectivity index (χ1n) is 9.15. The number of hydrogen-bond donors (Lipinski definition) is 0. The van der Waals surface area contributed by atoms with E-state index in [1.165, 1.54) is 11.4 Å². The van der Waals surface area contributed by atoms with Gasteiger partial charge in [0.25, 0.3) is 0 Å². The molecule has 0 aliphatic heterocycles. The van der Waals surface area contributed by atoms with Crippen LogP contribution < -0.4 is 0 Å². The third-order valence-corrected chi connectivity index (χ3v) is 5.18. The first-order chi connectivity index (χ1) is 12.2. The zero-order valence-corrected chi connectivity index (χ0v) is 17.3. The number of aliphatic imine (C=N–C) groups is 2. The standard InChI is InChI=1S/C20H32N6/c1-23(2)17-15(18(17)24(3)4)21-13-9-11-14(12-10-13)22-16-19(25(5)6)20(16)26(7)8/h9-12,17-20H,1-8H3. The second-order valence-corrected chi connectivity index (χ2v) is 8.22. The van der Waals surface area contributed by atoms with E-state index in [9.17, 15) is 0 Å². The molecule has 0 heterocycles. The van der Waals surface area contributed by atoms with Crippen molar-refractivity contribution < 1.29 is 0 Å². The summed E-state index contributed by atoms with van der Waals surface area (Å²) in [7, 11) is 16.9. The van der Waals surface area contributed by atoms with Crippen LogP contribution in [-0.4, -0.2) is 112 Å². The number of nitrogens with zero attached hydrogens (tertiary/aromatic N) is 6. The fourth-order valence-electron chi connectivity index (χ4n) is 3.80. The van der Waals surface area contributed by atoms with E-state index in [0.717, 1.165) is 11.4 Å². The molecule has 26 heavy (non-hydrogen) atoms. The zero-order chi connectivity index (χ0) is 19.2. The van der Waals surface area contributed by atoms with Crippen molar-refractivity contribution in [1.29, 1.82) is 0 Å². The molecule has 0 saturated heterocycles. The summed E-state index contributed by atoms with van der Waals surface area (Å²) in [6.45, 7) is 0. The Morgan fingerprint density at radius 2 is 0.731 bits per heavy atom. The normalized spacial score (nSPS) is 27.7. The summed E-state index contributed by atoms with van der Waals surface area (Å²) in [5, 5.41) is 0. The fraction of sp³-hybridized carbons (Fsp3) is 0.600. The fourth-order valence-corrected chi connectivity index (χ4v) is 3.80. The topological polar surface area (TPSA) is 37.7 Å². The predicted molar refractivity (Wildman–Crippen MR) is 111 cm³/mol. The quantitative estimate of drug-likeness (QED) is 0.776. The van der Waals surface area contributed by atoms with Gasteiger partial charge in [-0.3, -0.25) is 29.6 Å². The average molecular weight is 357 g/mol. The van der Waals surface area contributed by atoms with Gasteiger partial charge in [0.05, 0.1) is 47.0 Å². The molecule has 0 amide bonds. The summed E-state index contributed by atoms with van der Waals surface area (Å²) < 4.78 is 0. The summed E-state index contributed by atoms with van der Waals surface area (Å²) in [4.78, 5) is 18.7. The van der Waals surface area contributed by atoms with E-state index in [4.69, 9.17) is 9.98 Å². The third kappa shape index (κ3) is 3.74. The van der Waals surface area contributed by atoms with Crippen LogP contribution in [0.2, 0.25) is 0 Å². The molecule has 2 fully saturated rings. The minimum atomic E-state index is 0.415. The minimum Gasteiger partial charge on any atom is -0.300 e. The van der Waals surface area contributed by atoms with Gasteiger partial charge < -0.3 is 0 Å². The molecule has 2 aliphatic rings. The highest BCUT2D eigenvalue weighted by atomic mass is 15.3. The highest BCUT2D eigenvalue weighted by molar-refractivity contribution is 6.13. The Morgan fingerprint density at radius 3 is 0.923 bits per heavy atom. The van der Waals surface area contributed by atoms with Gasteiger partial charge in [-0.2, -0.15) is 0 Å². The Morgan fingerprint density at radius 1 is 0.500 bits per heavy atom.